The largest absolute Gasteiger partial charge is 2.00 e. The number of rotatable bonds is 5. The topological polar surface area (TPSA) is 72.4 Å². The number of halogens is 1. The van der Waals surface area contributed by atoms with Crippen molar-refractivity contribution in [1.29, 1.82) is 0 Å². The molecule has 0 bridgehead atoms. The average molecular weight is 435 g/mol. The van der Waals surface area contributed by atoms with Crippen molar-refractivity contribution in [1.82, 2.24) is 15.0 Å². The maximum atomic E-state index is 11.3. The van der Waals surface area contributed by atoms with Crippen LogP contribution < -0.4 is 17.0 Å². The second-order valence-electron chi connectivity index (χ2n) is 4.84. The molecule has 0 aromatic carbocycles. The maximum Gasteiger partial charge on any atom is 2.00 e. The molecule has 2 aromatic heterocycles. The van der Waals surface area contributed by atoms with Crippen LogP contribution in [-0.4, -0.2) is 63.9 Å². The second kappa shape index (κ2) is 17.1. The Morgan fingerprint density at radius 2 is 1.35 bits per heavy atom. The van der Waals surface area contributed by atoms with E-state index in [2.05, 4.69) is 9.97 Å². The van der Waals surface area contributed by atoms with E-state index in [1.54, 1.807) is 50.9 Å². The van der Waals surface area contributed by atoms with Crippen molar-refractivity contribution in [3.8, 4) is 0 Å². The van der Waals surface area contributed by atoms with Gasteiger partial charge in [0.25, 0.3) is 0 Å². The first-order chi connectivity index (χ1) is 11.0. The summed E-state index contributed by atoms with van der Waals surface area (Å²) < 4.78 is 0. The molecule has 0 saturated carbocycles. The number of nitrogens with zero attached hydrogens (tertiary/aromatic N) is 3. The summed E-state index contributed by atoms with van der Waals surface area (Å²) in [7, 11) is 3.05. The molecule has 2 rings (SSSR count). The van der Waals surface area contributed by atoms with E-state index in [1.807, 2.05) is 12.1 Å². The molecule has 0 aliphatic rings. The van der Waals surface area contributed by atoms with Crippen LogP contribution in [-0.2, 0) is 27.3 Å². The molecule has 0 saturated heterocycles. The molecule has 0 aliphatic heterocycles. The Hall–Kier alpha value is -1.35. The number of aromatic nitrogens is 2. The molecule has 0 unspecified atom stereocenters. The Labute approximate surface area is 182 Å². The average Bonchev–Trinajstić information content (AvgIpc) is 2.56. The Morgan fingerprint density at radius 1 is 0.962 bits per heavy atom. The fourth-order valence-corrected chi connectivity index (χ4v) is 1.68. The third kappa shape index (κ3) is 12.9. The molecule has 0 radical (unpaired) electrons. The molecular formula is C18H24BrMgN3O3. The van der Waals surface area contributed by atoms with Crippen LogP contribution in [0.25, 0.3) is 0 Å². The van der Waals surface area contributed by atoms with Gasteiger partial charge in [-0.3, -0.25) is 24.4 Å². The van der Waals surface area contributed by atoms with Crippen molar-refractivity contribution in [2.24, 2.45) is 0 Å². The zero-order valence-electron chi connectivity index (χ0n) is 15.7. The predicted molar refractivity (Wildman–Crippen MR) is 98.5 cm³/mol. The zero-order chi connectivity index (χ0) is 17.1. The van der Waals surface area contributed by atoms with Crippen LogP contribution in [0.15, 0.2) is 49.1 Å². The number of hydrogen-bond donors (Lipinski definition) is 0. The number of likely N-dealkylation sites (N-methyl/N-ethyl adjacent to an activating group) is 1. The number of carbonyl (C=O) groups is 2. The van der Waals surface area contributed by atoms with E-state index in [4.69, 9.17) is 4.84 Å². The zero-order valence-corrected chi connectivity index (χ0v) is 18.7. The van der Waals surface area contributed by atoms with Gasteiger partial charge in [-0.1, -0.05) is 0 Å². The summed E-state index contributed by atoms with van der Waals surface area (Å²) >= 11 is 0. The standard InChI is InChI=1S/C9H12N2O2.C8H9NO.CH3.BrH.Mg/c1-11(13-2)9(12)7-8-3-5-10-6-4-8;1-7(10)6-8-2-4-9-5-3-8;;;/h3-6H,7H2,1-2H3;2-5H,6H2,1H3;1H3;1H;/q;;-1;;+2/p-1. The summed E-state index contributed by atoms with van der Waals surface area (Å²) in [6, 6.07) is 7.31. The summed E-state index contributed by atoms with van der Waals surface area (Å²) in [4.78, 5) is 34.4. The van der Waals surface area contributed by atoms with E-state index < -0.39 is 0 Å². The van der Waals surface area contributed by atoms with Gasteiger partial charge in [0.05, 0.1) is 13.5 Å². The molecule has 138 valence electrons. The second-order valence-corrected chi connectivity index (χ2v) is 4.84. The van der Waals surface area contributed by atoms with Crippen molar-refractivity contribution in [3.05, 3.63) is 67.6 Å². The molecule has 2 heterocycles. The SMILES string of the molecule is CC(=O)Cc1ccncc1.CON(C)C(=O)Cc1ccncc1.[Br-].[CH3-].[Mg+2]. The van der Waals surface area contributed by atoms with E-state index in [0.29, 0.717) is 12.8 Å². The number of amides is 1. The molecule has 0 atom stereocenters. The molecule has 8 heteroatoms. The molecular weight excluding hydrogens is 410 g/mol. The smallest absolute Gasteiger partial charge is 1.00 e. The number of ketones is 1. The van der Waals surface area contributed by atoms with Crippen molar-refractivity contribution < 1.29 is 31.4 Å². The van der Waals surface area contributed by atoms with Gasteiger partial charge >= 0.3 is 23.1 Å². The van der Waals surface area contributed by atoms with Gasteiger partial charge in [-0.15, -0.1) is 0 Å². The molecule has 26 heavy (non-hydrogen) atoms. The first-order valence-electron chi connectivity index (χ1n) is 7.10. The molecule has 2 aromatic rings. The van der Waals surface area contributed by atoms with Gasteiger partial charge in [0.15, 0.2) is 0 Å². The molecule has 0 N–H and O–H groups in total. The Morgan fingerprint density at radius 3 is 1.69 bits per heavy atom. The minimum atomic E-state index is -0.0753. The molecule has 0 spiro atoms. The van der Waals surface area contributed by atoms with Gasteiger partial charge < -0.3 is 24.4 Å². The van der Waals surface area contributed by atoms with Crippen LogP contribution in [0, 0.1) is 7.43 Å². The van der Waals surface area contributed by atoms with Crippen molar-refractivity contribution >= 4 is 34.7 Å². The van der Waals surface area contributed by atoms with Crippen LogP contribution in [0.5, 0.6) is 0 Å². The van der Waals surface area contributed by atoms with Gasteiger partial charge in [0, 0.05) is 38.3 Å². The van der Waals surface area contributed by atoms with E-state index >= 15 is 0 Å². The summed E-state index contributed by atoms with van der Waals surface area (Å²) in [5.41, 5.74) is 1.96. The number of hydroxylamine groups is 2. The minimum Gasteiger partial charge on any atom is -1.00 e. The first-order valence-corrected chi connectivity index (χ1v) is 7.10. The number of hydrogen-bond acceptors (Lipinski definition) is 5. The summed E-state index contributed by atoms with van der Waals surface area (Å²) in [5, 5.41) is 1.21. The van der Waals surface area contributed by atoms with E-state index in [9.17, 15) is 9.59 Å². The summed E-state index contributed by atoms with van der Waals surface area (Å²) in [6.45, 7) is 1.58. The van der Waals surface area contributed by atoms with E-state index in [1.165, 1.54) is 12.2 Å². The normalized spacial score (nSPS) is 8.42. The summed E-state index contributed by atoms with van der Waals surface area (Å²) in [6.07, 6.45) is 7.57. The van der Waals surface area contributed by atoms with Crippen LogP contribution in [0.1, 0.15) is 18.1 Å². The molecule has 0 fully saturated rings. The van der Waals surface area contributed by atoms with Crippen molar-refractivity contribution in [2.45, 2.75) is 19.8 Å². The fourth-order valence-electron chi connectivity index (χ4n) is 1.68. The van der Waals surface area contributed by atoms with Gasteiger partial charge in [0.2, 0.25) is 5.91 Å². The van der Waals surface area contributed by atoms with Crippen molar-refractivity contribution in [3.63, 3.8) is 0 Å². The van der Waals surface area contributed by atoms with Gasteiger partial charge in [-0.05, 0) is 42.3 Å². The van der Waals surface area contributed by atoms with E-state index in [0.717, 1.165) is 11.1 Å². The Bertz CT molecular complexity index is 616. The summed E-state index contributed by atoms with van der Waals surface area (Å²) in [5.74, 6) is 0.111. The van der Waals surface area contributed by atoms with Crippen LogP contribution in [0.4, 0.5) is 0 Å². The molecule has 1 amide bonds. The van der Waals surface area contributed by atoms with Gasteiger partial charge in [-0.2, -0.15) is 0 Å². The van der Waals surface area contributed by atoms with Crippen molar-refractivity contribution in [2.75, 3.05) is 14.2 Å². The van der Waals surface area contributed by atoms with E-state index in [-0.39, 0.29) is 59.2 Å². The quantitative estimate of drug-likeness (QED) is 0.341. The Kier molecular flexibility index (Phi) is 19.3. The maximum absolute atomic E-state index is 11.3. The Balaban J connectivity index is -0.000000374. The fraction of sp³-hybridized carbons (Fsp3) is 0.278. The monoisotopic (exact) mass is 433 g/mol. The third-order valence-electron chi connectivity index (χ3n) is 2.93. The third-order valence-corrected chi connectivity index (χ3v) is 2.93. The molecule has 6 nitrogen and oxygen atoms in total. The van der Waals surface area contributed by atoms with Gasteiger partial charge in [0.1, 0.15) is 5.78 Å². The first kappa shape index (κ1) is 29.4. The van der Waals surface area contributed by atoms with Crippen LogP contribution in [0.3, 0.4) is 0 Å². The van der Waals surface area contributed by atoms with Crippen LogP contribution in [0.2, 0.25) is 0 Å². The number of carbonyl (C=O) groups excluding carboxylic acids is 2. The minimum absolute atomic E-state index is 0. The number of pyridine rings is 2. The molecule has 0 aliphatic carbocycles. The van der Waals surface area contributed by atoms with Gasteiger partial charge in [-0.25, -0.2) is 5.06 Å². The number of Topliss-reactive ketones (excluding diaryl/α,β-unsaturated/α-hetero) is 1. The predicted octanol–water partition coefficient (Wildman–Crippen LogP) is -1.07. The van der Waals surface area contributed by atoms with Crippen LogP contribution >= 0.6 is 0 Å².